The number of carboxylic acids is 1. The summed E-state index contributed by atoms with van der Waals surface area (Å²) in [5.41, 5.74) is -1.46. The lowest BCUT2D eigenvalue weighted by molar-refractivity contribution is -0.153. The summed E-state index contributed by atoms with van der Waals surface area (Å²) in [4.78, 5) is 23.0. The maximum Gasteiger partial charge on any atom is 0.310 e. The molecule has 0 aromatic heterocycles. The van der Waals surface area contributed by atoms with E-state index in [1.165, 1.54) is 0 Å². The lowest BCUT2D eigenvalue weighted by Crippen LogP contribution is -2.42. The van der Waals surface area contributed by atoms with Gasteiger partial charge < -0.3 is 15.5 Å². The Hall–Kier alpha value is -1.10. The van der Waals surface area contributed by atoms with Crippen LogP contribution in [0.25, 0.3) is 0 Å². The molecule has 0 aromatic carbocycles. The van der Waals surface area contributed by atoms with Crippen LogP contribution in [0, 0.1) is 16.7 Å². The highest BCUT2D eigenvalue weighted by Crippen LogP contribution is 2.31. The van der Waals surface area contributed by atoms with Gasteiger partial charge in [-0.2, -0.15) is 0 Å². The predicted octanol–water partition coefficient (Wildman–Crippen LogP) is 1.26. The lowest BCUT2D eigenvalue weighted by Gasteiger charge is -2.29. The van der Waals surface area contributed by atoms with E-state index in [0.29, 0.717) is 6.54 Å². The van der Waals surface area contributed by atoms with Crippen LogP contribution in [0.2, 0.25) is 0 Å². The molecule has 1 atom stereocenters. The topological polar surface area (TPSA) is 86.6 Å². The number of aliphatic hydroxyl groups is 1. The molecular formula is C13H25NO4. The Morgan fingerprint density at radius 1 is 1.22 bits per heavy atom. The van der Waals surface area contributed by atoms with E-state index in [4.69, 9.17) is 5.11 Å². The summed E-state index contributed by atoms with van der Waals surface area (Å²) in [7, 11) is 0. The smallest absolute Gasteiger partial charge is 0.310 e. The second-order valence-corrected chi connectivity index (χ2v) is 6.15. The van der Waals surface area contributed by atoms with Gasteiger partial charge in [0.05, 0.1) is 5.41 Å². The SMILES string of the molecule is CC(C)C(C)(CC(=O)NCC(C)(C)CO)C(=O)O. The van der Waals surface area contributed by atoms with Crippen LogP contribution in [0.1, 0.15) is 41.0 Å². The highest BCUT2D eigenvalue weighted by Gasteiger charge is 2.38. The molecule has 1 amide bonds. The second-order valence-electron chi connectivity index (χ2n) is 6.15. The largest absolute Gasteiger partial charge is 0.481 e. The van der Waals surface area contributed by atoms with Gasteiger partial charge in [0, 0.05) is 25.0 Å². The van der Waals surface area contributed by atoms with Gasteiger partial charge in [-0.3, -0.25) is 9.59 Å². The van der Waals surface area contributed by atoms with Crippen molar-refractivity contribution in [1.29, 1.82) is 0 Å². The zero-order valence-electron chi connectivity index (χ0n) is 11.9. The summed E-state index contributed by atoms with van der Waals surface area (Å²) in [6.07, 6.45) is -0.0541. The number of aliphatic hydroxyl groups excluding tert-OH is 1. The Kier molecular flexibility index (Phi) is 5.80. The van der Waals surface area contributed by atoms with Crippen LogP contribution < -0.4 is 5.32 Å². The molecule has 0 aliphatic heterocycles. The Labute approximate surface area is 109 Å². The predicted molar refractivity (Wildman–Crippen MR) is 69.1 cm³/mol. The number of rotatable bonds is 7. The van der Waals surface area contributed by atoms with Crippen molar-refractivity contribution in [3.05, 3.63) is 0 Å². The fraction of sp³-hybridized carbons (Fsp3) is 0.846. The average molecular weight is 259 g/mol. The van der Waals surface area contributed by atoms with E-state index >= 15 is 0 Å². The van der Waals surface area contributed by atoms with Crippen molar-refractivity contribution in [3.8, 4) is 0 Å². The van der Waals surface area contributed by atoms with Crippen LogP contribution in [-0.2, 0) is 9.59 Å². The third-order valence-corrected chi connectivity index (χ3v) is 3.48. The first-order chi connectivity index (χ1) is 8.05. The third-order valence-electron chi connectivity index (χ3n) is 3.48. The zero-order valence-corrected chi connectivity index (χ0v) is 11.9. The summed E-state index contributed by atoms with van der Waals surface area (Å²) in [5, 5.41) is 21.0. The van der Waals surface area contributed by atoms with Crippen molar-refractivity contribution in [2.24, 2.45) is 16.7 Å². The monoisotopic (exact) mass is 259 g/mol. The van der Waals surface area contributed by atoms with Gasteiger partial charge in [-0.15, -0.1) is 0 Å². The summed E-state index contributed by atoms with van der Waals surface area (Å²) in [6, 6.07) is 0. The normalized spacial score (nSPS) is 15.3. The van der Waals surface area contributed by atoms with Crippen molar-refractivity contribution in [3.63, 3.8) is 0 Å². The number of carboxylic acid groups (broad SMARTS) is 1. The number of hydrogen-bond acceptors (Lipinski definition) is 3. The molecule has 0 heterocycles. The highest BCUT2D eigenvalue weighted by atomic mass is 16.4. The van der Waals surface area contributed by atoms with Crippen LogP contribution in [0.3, 0.4) is 0 Å². The van der Waals surface area contributed by atoms with E-state index in [9.17, 15) is 14.7 Å². The molecule has 5 nitrogen and oxygen atoms in total. The fourth-order valence-corrected chi connectivity index (χ4v) is 1.32. The Morgan fingerprint density at radius 3 is 2.06 bits per heavy atom. The van der Waals surface area contributed by atoms with Crippen LogP contribution in [0.15, 0.2) is 0 Å². The van der Waals surface area contributed by atoms with Gasteiger partial charge in [0.15, 0.2) is 0 Å². The van der Waals surface area contributed by atoms with Gasteiger partial charge >= 0.3 is 5.97 Å². The van der Waals surface area contributed by atoms with Gasteiger partial charge in [0.25, 0.3) is 0 Å². The van der Waals surface area contributed by atoms with E-state index in [0.717, 1.165) is 0 Å². The van der Waals surface area contributed by atoms with Gasteiger partial charge in [-0.25, -0.2) is 0 Å². The first-order valence-corrected chi connectivity index (χ1v) is 6.16. The maximum absolute atomic E-state index is 11.8. The molecule has 0 saturated heterocycles. The zero-order chi connectivity index (χ0) is 14.6. The summed E-state index contributed by atoms with van der Waals surface area (Å²) >= 11 is 0. The van der Waals surface area contributed by atoms with E-state index in [1.807, 2.05) is 13.8 Å². The van der Waals surface area contributed by atoms with Crippen LogP contribution in [-0.4, -0.2) is 35.2 Å². The van der Waals surface area contributed by atoms with Gasteiger partial charge in [-0.05, 0) is 12.8 Å². The van der Waals surface area contributed by atoms with E-state index < -0.39 is 16.8 Å². The minimum Gasteiger partial charge on any atom is -0.481 e. The van der Waals surface area contributed by atoms with Crippen molar-refractivity contribution in [1.82, 2.24) is 5.32 Å². The molecule has 5 heteroatoms. The Balaban J connectivity index is 4.51. The number of hydrogen-bond donors (Lipinski definition) is 3. The third kappa shape index (κ3) is 4.64. The number of amides is 1. The molecule has 0 aliphatic rings. The van der Waals surface area contributed by atoms with E-state index in [2.05, 4.69) is 5.32 Å². The summed E-state index contributed by atoms with van der Waals surface area (Å²) in [6.45, 7) is 9.11. The molecule has 0 rings (SSSR count). The summed E-state index contributed by atoms with van der Waals surface area (Å²) in [5.74, 6) is -1.39. The highest BCUT2D eigenvalue weighted by molar-refractivity contribution is 5.84. The van der Waals surface area contributed by atoms with Crippen LogP contribution in [0.5, 0.6) is 0 Å². The van der Waals surface area contributed by atoms with Gasteiger partial charge in [0.1, 0.15) is 0 Å². The van der Waals surface area contributed by atoms with Crippen molar-refractivity contribution >= 4 is 11.9 Å². The number of aliphatic carboxylic acids is 1. The van der Waals surface area contributed by atoms with Crippen molar-refractivity contribution < 1.29 is 19.8 Å². The molecule has 0 aliphatic carbocycles. The molecule has 106 valence electrons. The first-order valence-electron chi connectivity index (χ1n) is 6.16. The second kappa shape index (κ2) is 6.18. The number of carbonyl (C=O) groups is 2. The Morgan fingerprint density at radius 2 is 1.72 bits per heavy atom. The van der Waals surface area contributed by atoms with E-state index in [1.54, 1.807) is 20.8 Å². The fourth-order valence-electron chi connectivity index (χ4n) is 1.32. The molecule has 0 saturated carbocycles. The maximum atomic E-state index is 11.8. The Bertz CT molecular complexity index is 312. The molecule has 0 aromatic rings. The minimum atomic E-state index is -1.06. The molecule has 18 heavy (non-hydrogen) atoms. The molecule has 0 fully saturated rings. The van der Waals surface area contributed by atoms with Gasteiger partial charge in [0.2, 0.25) is 5.91 Å². The first kappa shape index (κ1) is 16.9. The number of nitrogens with one attached hydrogen (secondary N) is 1. The van der Waals surface area contributed by atoms with Crippen molar-refractivity contribution in [2.45, 2.75) is 41.0 Å². The quantitative estimate of drug-likeness (QED) is 0.642. The molecule has 0 bridgehead atoms. The molecule has 3 N–H and O–H groups in total. The molecule has 0 radical (unpaired) electrons. The van der Waals surface area contributed by atoms with Crippen LogP contribution >= 0.6 is 0 Å². The molecular weight excluding hydrogens is 234 g/mol. The summed E-state index contributed by atoms with van der Waals surface area (Å²) < 4.78 is 0. The van der Waals surface area contributed by atoms with E-state index in [-0.39, 0.29) is 24.9 Å². The van der Waals surface area contributed by atoms with Crippen molar-refractivity contribution in [2.75, 3.05) is 13.2 Å². The minimum absolute atomic E-state index is 0.0341. The number of carbonyl (C=O) groups excluding carboxylic acids is 1. The molecule has 0 spiro atoms. The van der Waals surface area contributed by atoms with Gasteiger partial charge in [-0.1, -0.05) is 27.7 Å². The lowest BCUT2D eigenvalue weighted by atomic mass is 9.76. The van der Waals surface area contributed by atoms with Crippen LogP contribution in [0.4, 0.5) is 0 Å². The standard InChI is InChI=1S/C13H25NO4/c1-9(2)13(5,11(17)18)6-10(16)14-7-12(3,4)8-15/h9,15H,6-8H2,1-5H3,(H,14,16)(H,17,18). The average Bonchev–Trinajstić information content (AvgIpc) is 2.26. The molecule has 1 unspecified atom stereocenters.